The molecule has 1 fully saturated rings. The molecule has 2 aromatic rings. The lowest BCUT2D eigenvalue weighted by atomic mass is 10.3. The molecule has 1 saturated heterocycles. The highest BCUT2D eigenvalue weighted by Crippen LogP contribution is 2.24. The molecule has 8 heteroatoms. The molecule has 0 spiro atoms. The van der Waals surface area contributed by atoms with Gasteiger partial charge in [0.05, 0.1) is 5.69 Å². The summed E-state index contributed by atoms with van der Waals surface area (Å²) in [5.74, 6) is 1.08. The third-order valence-electron chi connectivity index (χ3n) is 3.45. The normalized spacial score (nSPS) is 14.3. The highest BCUT2D eigenvalue weighted by Gasteiger charge is 2.15. The summed E-state index contributed by atoms with van der Waals surface area (Å²) in [5, 5.41) is 12.3. The molecule has 118 valence electrons. The Kier molecular flexibility index (Phi) is 4.57. The van der Waals surface area contributed by atoms with Gasteiger partial charge in [0, 0.05) is 37.5 Å². The van der Waals surface area contributed by atoms with Crippen LogP contribution >= 0.6 is 11.3 Å². The molecule has 1 aliphatic rings. The molecule has 3 heterocycles. The van der Waals surface area contributed by atoms with Gasteiger partial charge in [-0.25, -0.2) is 9.78 Å². The highest BCUT2D eigenvalue weighted by atomic mass is 32.1. The predicted molar refractivity (Wildman–Crippen MR) is 85.5 cm³/mol. The van der Waals surface area contributed by atoms with Gasteiger partial charge in [-0.15, -0.1) is 11.3 Å². The van der Waals surface area contributed by atoms with Crippen molar-refractivity contribution in [2.45, 2.75) is 26.2 Å². The molecule has 1 aliphatic heterocycles. The van der Waals surface area contributed by atoms with Gasteiger partial charge in [0.2, 0.25) is 0 Å². The monoisotopic (exact) mass is 321 g/mol. The Morgan fingerprint density at radius 3 is 3.00 bits per heavy atom. The van der Waals surface area contributed by atoms with Gasteiger partial charge in [-0.3, -0.25) is 5.32 Å². The Morgan fingerprint density at radius 1 is 1.45 bits per heavy atom. The van der Waals surface area contributed by atoms with E-state index in [1.165, 1.54) is 12.8 Å². The maximum Gasteiger partial charge on any atom is 0.320 e. The summed E-state index contributed by atoms with van der Waals surface area (Å²) in [6, 6.07) is 1.38. The van der Waals surface area contributed by atoms with Gasteiger partial charge >= 0.3 is 6.03 Å². The van der Waals surface area contributed by atoms with Crippen LogP contribution in [0.25, 0.3) is 0 Å². The summed E-state index contributed by atoms with van der Waals surface area (Å²) in [5.41, 5.74) is 1.02. The second-order valence-electron chi connectivity index (χ2n) is 5.27. The van der Waals surface area contributed by atoms with Crippen molar-refractivity contribution in [3.63, 3.8) is 0 Å². The first-order valence-corrected chi connectivity index (χ1v) is 8.26. The summed E-state index contributed by atoms with van der Waals surface area (Å²) in [6.45, 7) is 4.51. The molecule has 7 nitrogen and oxygen atoms in total. The molecule has 0 radical (unpaired) electrons. The lowest BCUT2D eigenvalue weighted by Crippen LogP contribution is -2.30. The fraction of sp³-hybridized carbons (Fsp3) is 0.500. The molecular weight excluding hydrogens is 302 g/mol. The number of carbonyl (C=O) groups excluding carboxylic acids is 1. The van der Waals surface area contributed by atoms with E-state index in [1.54, 1.807) is 24.3 Å². The lowest BCUT2D eigenvalue weighted by molar-refractivity contribution is 0.252. The van der Waals surface area contributed by atoms with Crippen LogP contribution in [0.1, 0.15) is 24.3 Å². The van der Waals surface area contributed by atoms with Crippen LogP contribution in [-0.2, 0) is 6.42 Å². The number of nitrogens with zero attached hydrogens (tertiary/aromatic N) is 3. The highest BCUT2D eigenvalue weighted by molar-refractivity contribution is 7.13. The van der Waals surface area contributed by atoms with Crippen molar-refractivity contribution in [2.75, 3.05) is 29.9 Å². The van der Waals surface area contributed by atoms with Gasteiger partial charge in [-0.2, -0.15) is 0 Å². The Morgan fingerprint density at radius 2 is 2.27 bits per heavy atom. The van der Waals surface area contributed by atoms with Crippen molar-refractivity contribution in [3.8, 4) is 0 Å². The first kappa shape index (κ1) is 14.8. The Labute approximate surface area is 132 Å². The summed E-state index contributed by atoms with van der Waals surface area (Å²) in [6.07, 6.45) is 3.21. The number of urea groups is 1. The third-order valence-corrected chi connectivity index (χ3v) is 4.40. The van der Waals surface area contributed by atoms with E-state index in [1.807, 2.05) is 0 Å². The van der Waals surface area contributed by atoms with E-state index < -0.39 is 0 Å². The summed E-state index contributed by atoms with van der Waals surface area (Å²) in [7, 11) is 0. The Bertz CT molecular complexity index is 633. The van der Waals surface area contributed by atoms with Crippen LogP contribution < -0.4 is 15.5 Å². The number of nitrogens with one attached hydrogen (secondary N) is 2. The van der Waals surface area contributed by atoms with Gasteiger partial charge in [-0.05, 0) is 19.8 Å². The van der Waals surface area contributed by atoms with Crippen molar-refractivity contribution in [2.24, 2.45) is 0 Å². The van der Waals surface area contributed by atoms with Crippen molar-refractivity contribution < 1.29 is 9.32 Å². The van der Waals surface area contributed by atoms with Crippen LogP contribution in [0.3, 0.4) is 0 Å². The molecule has 3 rings (SSSR count). The minimum absolute atomic E-state index is 0.289. The number of aryl methyl sites for hydroxylation is 1. The molecule has 0 atom stereocenters. The molecule has 0 bridgehead atoms. The van der Waals surface area contributed by atoms with Crippen molar-refractivity contribution in [1.82, 2.24) is 15.5 Å². The van der Waals surface area contributed by atoms with Crippen LogP contribution in [0.2, 0.25) is 0 Å². The Hall–Kier alpha value is -2.09. The van der Waals surface area contributed by atoms with Crippen molar-refractivity contribution >= 4 is 28.3 Å². The van der Waals surface area contributed by atoms with E-state index in [4.69, 9.17) is 4.52 Å². The molecule has 0 saturated carbocycles. The number of amides is 2. The second-order valence-corrected chi connectivity index (χ2v) is 6.11. The fourth-order valence-corrected chi connectivity index (χ4v) is 3.27. The number of hydrogen-bond acceptors (Lipinski definition) is 6. The zero-order valence-electron chi connectivity index (χ0n) is 12.5. The molecule has 2 N–H and O–H groups in total. The summed E-state index contributed by atoms with van der Waals surface area (Å²) in [4.78, 5) is 18.6. The first-order valence-electron chi connectivity index (χ1n) is 7.38. The average molecular weight is 321 g/mol. The maximum absolute atomic E-state index is 11.7. The molecule has 0 unspecified atom stereocenters. The van der Waals surface area contributed by atoms with Gasteiger partial charge in [-0.1, -0.05) is 5.16 Å². The SMILES string of the molecule is Cc1cc(NC(=O)NCCc2csc(N3CCCC3)n2)no1. The summed E-state index contributed by atoms with van der Waals surface area (Å²) >= 11 is 1.68. The molecule has 2 amide bonds. The number of anilines is 2. The standard InChI is InChI=1S/C14H19N5O2S/c1-10-8-12(18-21-10)17-13(20)15-5-4-11-9-22-14(16-11)19-6-2-3-7-19/h8-9H,2-7H2,1H3,(H2,15,17,18,20). The number of thiazole rings is 1. The van der Waals surface area contributed by atoms with E-state index >= 15 is 0 Å². The van der Waals surface area contributed by atoms with Crippen LogP contribution in [-0.4, -0.2) is 35.8 Å². The molecule has 0 aliphatic carbocycles. The quantitative estimate of drug-likeness (QED) is 0.883. The molecule has 2 aromatic heterocycles. The minimum atomic E-state index is -0.289. The van der Waals surface area contributed by atoms with Crippen LogP contribution in [0.5, 0.6) is 0 Å². The topological polar surface area (TPSA) is 83.3 Å². The zero-order valence-corrected chi connectivity index (χ0v) is 13.3. The third kappa shape index (κ3) is 3.76. The molecule has 22 heavy (non-hydrogen) atoms. The molecular formula is C14H19N5O2S. The molecule has 0 aromatic carbocycles. The fourth-order valence-electron chi connectivity index (χ4n) is 2.35. The van der Waals surface area contributed by atoms with Crippen LogP contribution in [0.15, 0.2) is 16.0 Å². The van der Waals surface area contributed by atoms with E-state index in [-0.39, 0.29) is 6.03 Å². The van der Waals surface area contributed by atoms with E-state index in [2.05, 4.69) is 31.1 Å². The maximum atomic E-state index is 11.7. The van der Waals surface area contributed by atoms with Crippen molar-refractivity contribution in [3.05, 3.63) is 22.9 Å². The first-order chi connectivity index (χ1) is 10.7. The van der Waals surface area contributed by atoms with Crippen molar-refractivity contribution in [1.29, 1.82) is 0 Å². The van der Waals surface area contributed by atoms with E-state index in [0.717, 1.165) is 30.3 Å². The van der Waals surface area contributed by atoms with Gasteiger partial charge < -0.3 is 14.7 Å². The van der Waals surface area contributed by atoms with Gasteiger partial charge in [0.25, 0.3) is 0 Å². The minimum Gasteiger partial charge on any atom is -0.360 e. The lowest BCUT2D eigenvalue weighted by Gasteiger charge is -2.12. The number of hydrogen-bond donors (Lipinski definition) is 2. The largest absolute Gasteiger partial charge is 0.360 e. The summed E-state index contributed by atoms with van der Waals surface area (Å²) < 4.78 is 4.88. The smallest absolute Gasteiger partial charge is 0.320 e. The van der Waals surface area contributed by atoms with E-state index in [9.17, 15) is 4.79 Å². The second kappa shape index (κ2) is 6.78. The average Bonchev–Trinajstić information content (AvgIpc) is 3.20. The Balaban J connectivity index is 1.41. The van der Waals surface area contributed by atoms with E-state index in [0.29, 0.717) is 18.1 Å². The van der Waals surface area contributed by atoms with Gasteiger partial charge in [0.15, 0.2) is 10.9 Å². The predicted octanol–water partition coefficient (Wildman–Crippen LogP) is 2.40. The number of aromatic nitrogens is 2. The van der Waals surface area contributed by atoms with Crippen LogP contribution in [0, 0.1) is 6.92 Å². The number of rotatable bonds is 5. The number of carbonyl (C=O) groups is 1. The van der Waals surface area contributed by atoms with Gasteiger partial charge in [0.1, 0.15) is 5.76 Å². The zero-order chi connectivity index (χ0) is 15.4. The van der Waals surface area contributed by atoms with Crippen LogP contribution in [0.4, 0.5) is 15.7 Å².